The van der Waals surface area contributed by atoms with Crippen molar-refractivity contribution in [1.82, 2.24) is 0 Å². The topological polar surface area (TPSA) is 21.3 Å². The van der Waals surface area contributed by atoms with Crippen LogP contribution in [-0.2, 0) is 4.74 Å². The molecule has 1 aliphatic rings. The highest BCUT2D eigenvalue weighted by atomic mass is 127. The Hall–Kier alpha value is -0.290. The number of hydrogen-bond acceptors (Lipinski definition) is 2. The van der Waals surface area contributed by atoms with Crippen LogP contribution in [0.4, 0.5) is 5.69 Å². The molecule has 3 heteroatoms. The van der Waals surface area contributed by atoms with E-state index in [0.717, 1.165) is 19.4 Å². The van der Waals surface area contributed by atoms with E-state index in [1.807, 2.05) is 0 Å². The maximum absolute atomic E-state index is 5.82. The van der Waals surface area contributed by atoms with Gasteiger partial charge in [-0.05, 0) is 72.0 Å². The summed E-state index contributed by atoms with van der Waals surface area (Å²) in [6.07, 6.45) is 2.62. The van der Waals surface area contributed by atoms with Gasteiger partial charge in [-0.1, -0.05) is 13.8 Å². The second-order valence-electron chi connectivity index (χ2n) is 5.48. The predicted octanol–water partition coefficient (Wildman–Crippen LogP) is 4.22. The number of anilines is 1. The van der Waals surface area contributed by atoms with Crippen LogP contribution in [0.1, 0.15) is 32.3 Å². The zero-order chi connectivity index (χ0) is 13.1. The number of benzene rings is 1. The fourth-order valence-corrected chi connectivity index (χ4v) is 3.08. The summed E-state index contributed by atoms with van der Waals surface area (Å²) in [7, 11) is 0. The third kappa shape index (κ3) is 3.60. The van der Waals surface area contributed by atoms with Crippen molar-refractivity contribution in [3.8, 4) is 0 Å². The van der Waals surface area contributed by atoms with E-state index < -0.39 is 0 Å². The molecule has 100 valence electrons. The van der Waals surface area contributed by atoms with Gasteiger partial charge in [0.15, 0.2) is 0 Å². The Morgan fingerprint density at radius 2 is 2.17 bits per heavy atom. The minimum Gasteiger partial charge on any atom is -0.382 e. The molecule has 18 heavy (non-hydrogen) atoms. The molecule has 1 aliphatic heterocycles. The molecule has 0 aliphatic carbocycles. The first kappa shape index (κ1) is 14.1. The third-order valence-electron chi connectivity index (χ3n) is 3.61. The van der Waals surface area contributed by atoms with Gasteiger partial charge in [0.25, 0.3) is 0 Å². The molecule has 0 spiro atoms. The summed E-state index contributed by atoms with van der Waals surface area (Å²) in [4.78, 5) is 0. The van der Waals surface area contributed by atoms with Gasteiger partial charge in [-0.3, -0.25) is 0 Å². The molecule has 1 saturated heterocycles. The second kappa shape index (κ2) is 6.24. The maximum Gasteiger partial charge on any atom is 0.0617 e. The van der Waals surface area contributed by atoms with Crippen molar-refractivity contribution in [2.45, 2.75) is 45.8 Å². The summed E-state index contributed by atoms with van der Waals surface area (Å²) in [5.41, 5.74) is 2.60. The number of halogens is 1. The van der Waals surface area contributed by atoms with Crippen LogP contribution in [0.25, 0.3) is 0 Å². The lowest BCUT2D eigenvalue weighted by Crippen LogP contribution is -2.36. The maximum atomic E-state index is 5.82. The van der Waals surface area contributed by atoms with Gasteiger partial charge in [-0.15, -0.1) is 0 Å². The van der Waals surface area contributed by atoms with Crippen LogP contribution in [0.5, 0.6) is 0 Å². The van der Waals surface area contributed by atoms with Gasteiger partial charge in [0.1, 0.15) is 0 Å². The van der Waals surface area contributed by atoms with Crippen molar-refractivity contribution in [2.75, 3.05) is 11.9 Å². The number of aryl methyl sites for hydroxylation is 1. The Labute approximate surface area is 124 Å². The largest absolute Gasteiger partial charge is 0.382 e. The molecule has 1 fully saturated rings. The molecule has 2 unspecified atom stereocenters. The zero-order valence-electron chi connectivity index (χ0n) is 11.4. The quantitative estimate of drug-likeness (QED) is 0.817. The first-order valence-electron chi connectivity index (χ1n) is 6.70. The summed E-state index contributed by atoms with van der Waals surface area (Å²) < 4.78 is 7.11. The van der Waals surface area contributed by atoms with E-state index in [-0.39, 0.29) is 0 Å². The highest BCUT2D eigenvalue weighted by Gasteiger charge is 2.24. The molecule has 0 bridgehead atoms. The number of nitrogens with one attached hydrogen (secondary N) is 1. The van der Waals surface area contributed by atoms with Crippen molar-refractivity contribution >= 4 is 28.3 Å². The van der Waals surface area contributed by atoms with E-state index in [2.05, 4.69) is 66.9 Å². The van der Waals surface area contributed by atoms with Gasteiger partial charge in [0.05, 0.1) is 6.10 Å². The van der Waals surface area contributed by atoms with Crippen molar-refractivity contribution in [2.24, 2.45) is 5.92 Å². The second-order valence-corrected chi connectivity index (χ2v) is 6.72. The smallest absolute Gasteiger partial charge is 0.0617 e. The van der Waals surface area contributed by atoms with Gasteiger partial charge in [0.2, 0.25) is 0 Å². The average molecular weight is 359 g/mol. The van der Waals surface area contributed by atoms with Crippen LogP contribution in [0.3, 0.4) is 0 Å². The molecular weight excluding hydrogens is 337 g/mol. The number of rotatable bonds is 3. The molecule has 1 aromatic rings. The Kier molecular flexibility index (Phi) is 4.90. The SMILES string of the molecule is Cc1cc(I)ccc1NC1CCOC(C(C)C)C1. The van der Waals surface area contributed by atoms with Gasteiger partial charge in [-0.2, -0.15) is 0 Å². The zero-order valence-corrected chi connectivity index (χ0v) is 13.5. The minimum absolute atomic E-state index is 0.403. The highest BCUT2D eigenvalue weighted by Crippen LogP contribution is 2.25. The first-order valence-corrected chi connectivity index (χ1v) is 7.78. The lowest BCUT2D eigenvalue weighted by molar-refractivity contribution is -0.0160. The van der Waals surface area contributed by atoms with Gasteiger partial charge < -0.3 is 10.1 Å². The normalized spacial score (nSPS) is 24.3. The van der Waals surface area contributed by atoms with Crippen molar-refractivity contribution in [1.29, 1.82) is 0 Å². The lowest BCUT2D eigenvalue weighted by atomic mass is 9.95. The molecule has 0 amide bonds. The summed E-state index contributed by atoms with van der Waals surface area (Å²) in [6.45, 7) is 7.53. The summed E-state index contributed by atoms with van der Waals surface area (Å²) in [5, 5.41) is 3.68. The Morgan fingerprint density at radius 1 is 1.39 bits per heavy atom. The van der Waals surface area contributed by atoms with E-state index in [4.69, 9.17) is 4.74 Å². The Bertz CT molecular complexity index is 405. The van der Waals surface area contributed by atoms with E-state index in [9.17, 15) is 0 Å². The molecule has 2 atom stereocenters. The first-order chi connectivity index (χ1) is 8.56. The van der Waals surface area contributed by atoms with Crippen LogP contribution in [0.2, 0.25) is 0 Å². The van der Waals surface area contributed by atoms with Gasteiger partial charge in [0, 0.05) is 21.9 Å². The standard InChI is InChI=1S/C15H22INO/c1-10(2)15-9-13(6-7-18-15)17-14-5-4-12(16)8-11(14)3/h4-5,8,10,13,15,17H,6-7,9H2,1-3H3. The van der Waals surface area contributed by atoms with Crippen molar-refractivity contribution in [3.05, 3.63) is 27.3 Å². The van der Waals surface area contributed by atoms with E-state index in [1.165, 1.54) is 14.8 Å². The van der Waals surface area contributed by atoms with Crippen LogP contribution < -0.4 is 5.32 Å². The molecule has 1 N–H and O–H groups in total. The van der Waals surface area contributed by atoms with Crippen molar-refractivity contribution < 1.29 is 4.74 Å². The Morgan fingerprint density at radius 3 is 2.83 bits per heavy atom. The summed E-state index contributed by atoms with van der Waals surface area (Å²) in [6, 6.07) is 7.12. The van der Waals surface area contributed by atoms with Crippen LogP contribution in [-0.4, -0.2) is 18.8 Å². The van der Waals surface area contributed by atoms with Gasteiger partial charge in [-0.25, -0.2) is 0 Å². The average Bonchev–Trinajstić information content (AvgIpc) is 2.33. The third-order valence-corrected chi connectivity index (χ3v) is 4.28. The fourth-order valence-electron chi connectivity index (χ4n) is 2.43. The number of hydrogen-bond donors (Lipinski definition) is 1. The molecule has 1 heterocycles. The fraction of sp³-hybridized carbons (Fsp3) is 0.600. The lowest BCUT2D eigenvalue weighted by Gasteiger charge is -2.33. The van der Waals surface area contributed by atoms with Crippen LogP contribution >= 0.6 is 22.6 Å². The molecule has 1 aromatic carbocycles. The Balaban J connectivity index is 2.00. The van der Waals surface area contributed by atoms with Gasteiger partial charge >= 0.3 is 0 Å². The van der Waals surface area contributed by atoms with E-state index in [1.54, 1.807) is 0 Å². The van der Waals surface area contributed by atoms with Crippen molar-refractivity contribution in [3.63, 3.8) is 0 Å². The predicted molar refractivity (Wildman–Crippen MR) is 85.1 cm³/mol. The monoisotopic (exact) mass is 359 g/mol. The molecular formula is C15H22INO. The number of ether oxygens (including phenoxy) is 1. The minimum atomic E-state index is 0.403. The summed E-state index contributed by atoms with van der Waals surface area (Å²) >= 11 is 2.36. The molecule has 0 saturated carbocycles. The van der Waals surface area contributed by atoms with E-state index in [0.29, 0.717) is 18.1 Å². The molecule has 0 radical (unpaired) electrons. The summed E-state index contributed by atoms with van der Waals surface area (Å²) in [5.74, 6) is 0.604. The highest BCUT2D eigenvalue weighted by molar-refractivity contribution is 14.1. The van der Waals surface area contributed by atoms with Crippen LogP contribution in [0, 0.1) is 16.4 Å². The molecule has 2 rings (SSSR count). The molecule has 2 nitrogen and oxygen atoms in total. The molecule has 0 aromatic heterocycles. The van der Waals surface area contributed by atoms with Crippen LogP contribution in [0.15, 0.2) is 18.2 Å². The van der Waals surface area contributed by atoms with E-state index >= 15 is 0 Å².